The number of hydrogen-bond acceptors (Lipinski definition) is 4. The van der Waals surface area contributed by atoms with E-state index in [0.29, 0.717) is 0 Å². The van der Waals surface area contributed by atoms with Crippen molar-refractivity contribution in [2.24, 2.45) is 0 Å². The van der Waals surface area contributed by atoms with E-state index in [0.717, 1.165) is 0 Å². The maximum Gasteiger partial charge on any atom is 2.00 e. The molecule has 0 atom stereocenters. The summed E-state index contributed by atoms with van der Waals surface area (Å²) in [6, 6.07) is 0. The molecule has 0 fully saturated rings. The molecule has 0 aromatic rings. The van der Waals surface area contributed by atoms with Crippen molar-refractivity contribution in [3.05, 3.63) is 0 Å². The zero-order valence-electron chi connectivity index (χ0n) is 4.25. The monoisotopic (exact) mass is 214 g/mol. The summed E-state index contributed by atoms with van der Waals surface area (Å²) in [5.41, 5.74) is 0. The quantitative estimate of drug-likeness (QED) is 0.229. The standard InChI is InChI=1S/H2O4S.3H2O.Zn/c1-5(2,3)4;;;;/h(H2,1,2,3,4);3*1H2;/q;;;;+2/p-2. The van der Waals surface area contributed by atoms with Gasteiger partial charge >= 0.3 is 19.5 Å². The van der Waals surface area contributed by atoms with Gasteiger partial charge in [0.2, 0.25) is 0 Å². The first-order valence-corrected chi connectivity index (χ1v) is 2.00. The third kappa shape index (κ3) is 2440. The smallest absolute Gasteiger partial charge is 0.759 e. The Kier molecular flexibility index (Phi) is 42.8. The van der Waals surface area contributed by atoms with E-state index >= 15 is 0 Å². The molecule has 0 saturated carbocycles. The van der Waals surface area contributed by atoms with Crippen LogP contribution in [-0.2, 0) is 29.9 Å². The molecule has 7 nitrogen and oxygen atoms in total. The van der Waals surface area contributed by atoms with Gasteiger partial charge in [-0.1, -0.05) is 0 Å². The van der Waals surface area contributed by atoms with Crippen molar-refractivity contribution < 1.29 is 53.4 Å². The normalized spacial score (nSPS) is 6.44. The maximum atomic E-state index is 8.52. The van der Waals surface area contributed by atoms with Gasteiger partial charge in [-0.2, -0.15) is 0 Å². The third-order valence-corrected chi connectivity index (χ3v) is 0. The summed E-state index contributed by atoms with van der Waals surface area (Å²) < 4.78 is 34.1. The molecule has 0 heterocycles. The Morgan fingerprint density at radius 3 is 0.889 bits per heavy atom. The summed E-state index contributed by atoms with van der Waals surface area (Å²) in [4.78, 5) is 0. The van der Waals surface area contributed by atoms with Gasteiger partial charge in [0.05, 0.1) is 0 Å². The van der Waals surface area contributed by atoms with Crippen LogP contribution in [-0.4, -0.2) is 34.0 Å². The summed E-state index contributed by atoms with van der Waals surface area (Å²) >= 11 is 0. The van der Waals surface area contributed by atoms with Crippen molar-refractivity contribution in [2.75, 3.05) is 0 Å². The minimum absolute atomic E-state index is 0. The fourth-order valence-electron chi connectivity index (χ4n) is 0. The van der Waals surface area contributed by atoms with Gasteiger partial charge in [0, 0.05) is 10.4 Å². The predicted molar refractivity (Wildman–Crippen MR) is 21.3 cm³/mol. The van der Waals surface area contributed by atoms with Crippen molar-refractivity contribution in [1.82, 2.24) is 0 Å². The second-order valence-electron chi connectivity index (χ2n) is 0.408. The van der Waals surface area contributed by atoms with E-state index in [1.54, 1.807) is 0 Å². The van der Waals surface area contributed by atoms with Gasteiger partial charge in [0.15, 0.2) is 0 Å². The van der Waals surface area contributed by atoms with Crippen molar-refractivity contribution in [2.45, 2.75) is 0 Å². The molecule has 0 rings (SSSR count). The summed E-state index contributed by atoms with van der Waals surface area (Å²) in [5, 5.41) is 0. The first kappa shape index (κ1) is 34.4. The zero-order valence-corrected chi connectivity index (χ0v) is 8.03. The molecule has 0 radical (unpaired) electrons. The molecule has 0 amide bonds. The van der Waals surface area contributed by atoms with Crippen LogP contribution in [0.4, 0.5) is 0 Å². The van der Waals surface area contributed by atoms with Crippen molar-refractivity contribution in [3.63, 3.8) is 0 Å². The molecule has 0 aliphatic carbocycles. The topological polar surface area (TPSA) is 175 Å². The van der Waals surface area contributed by atoms with E-state index in [1.165, 1.54) is 0 Å². The first-order chi connectivity index (χ1) is 2.00. The molecule has 0 spiro atoms. The molecule has 0 aliphatic rings. The zero-order chi connectivity index (χ0) is 4.50. The van der Waals surface area contributed by atoms with Gasteiger partial charge in [-0.05, 0) is 0 Å². The fraction of sp³-hybridized carbons (Fsp3) is 0. The number of hydrogen-bond donors (Lipinski definition) is 0. The molecule has 9 heteroatoms. The second-order valence-corrected chi connectivity index (χ2v) is 1.22. The van der Waals surface area contributed by atoms with Crippen LogP contribution in [0.15, 0.2) is 0 Å². The van der Waals surface area contributed by atoms with Gasteiger partial charge in [-0.25, -0.2) is 0 Å². The van der Waals surface area contributed by atoms with Crippen LogP contribution >= 0.6 is 0 Å². The SMILES string of the molecule is O.O.O.O=S(=O)([O-])[O-].[Zn+2]. The van der Waals surface area contributed by atoms with E-state index in [4.69, 9.17) is 17.5 Å². The molecular weight excluding hydrogens is 209 g/mol. The summed E-state index contributed by atoms with van der Waals surface area (Å²) in [7, 11) is -5.17. The summed E-state index contributed by atoms with van der Waals surface area (Å²) in [5.74, 6) is 0. The average molecular weight is 215 g/mol. The van der Waals surface area contributed by atoms with Crippen LogP contribution in [0.5, 0.6) is 0 Å². The van der Waals surface area contributed by atoms with Crippen LogP contribution in [0.3, 0.4) is 0 Å². The Bertz CT molecular complexity index is 92.1. The second kappa shape index (κ2) is 11.2. The molecule has 0 aliphatic heterocycles. The van der Waals surface area contributed by atoms with E-state index in [2.05, 4.69) is 0 Å². The van der Waals surface area contributed by atoms with Crippen molar-refractivity contribution >= 4 is 10.4 Å². The van der Waals surface area contributed by atoms with Gasteiger partial charge in [0.25, 0.3) is 0 Å². The van der Waals surface area contributed by atoms with E-state index in [-0.39, 0.29) is 35.9 Å². The Morgan fingerprint density at radius 1 is 0.889 bits per heavy atom. The molecular formula is H6O7SZn. The molecule has 56 valence electrons. The minimum atomic E-state index is -5.17. The Labute approximate surface area is 64.3 Å². The van der Waals surface area contributed by atoms with Crippen LogP contribution in [0.1, 0.15) is 0 Å². The maximum absolute atomic E-state index is 8.52. The fourth-order valence-corrected chi connectivity index (χ4v) is 0. The summed E-state index contributed by atoms with van der Waals surface area (Å²) in [6.07, 6.45) is 0. The molecule has 0 unspecified atom stereocenters. The minimum Gasteiger partial charge on any atom is -0.759 e. The van der Waals surface area contributed by atoms with Crippen LogP contribution in [0.2, 0.25) is 0 Å². The molecule has 0 bridgehead atoms. The van der Waals surface area contributed by atoms with Crippen LogP contribution < -0.4 is 0 Å². The Morgan fingerprint density at radius 2 is 0.889 bits per heavy atom. The molecule has 0 aromatic heterocycles. The van der Waals surface area contributed by atoms with Crippen LogP contribution in [0, 0.1) is 0 Å². The molecule has 9 heavy (non-hydrogen) atoms. The molecule has 0 saturated heterocycles. The molecule has 0 aromatic carbocycles. The van der Waals surface area contributed by atoms with E-state index < -0.39 is 10.4 Å². The first-order valence-electron chi connectivity index (χ1n) is 0.667. The Balaban J connectivity index is -0.0000000133. The predicted octanol–water partition coefficient (Wildman–Crippen LogP) is -3.81. The van der Waals surface area contributed by atoms with E-state index in [9.17, 15) is 0 Å². The largest absolute Gasteiger partial charge is 2.00 e. The van der Waals surface area contributed by atoms with Crippen molar-refractivity contribution in [3.8, 4) is 0 Å². The summed E-state index contributed by atoms with van der Waals surface area (Å²) in [6.45, 7) is 0. The van der Waals surface area contributed by atoms with Crippen LogP contribution in [0.25, 0.3) is 0 Å². The Hall–Kier alpha value is 0.373. The van der Waals surface area contributed by atoms with Gasteiger partial charge in [-0.15, -0.1) is 0 Å². The molecule has 6 N–H and O–H groups in total. The van der Waals surface area contributed by atoms with E-state index in [1.807, 2.05) is 0 Å². The van der Waals surface area contributed by atoms with Gasteiger partial charge < -0.3 is 25.5 Å². The van der Waals surface area contributed by atoms with Gasteiger partial charge in [-0.3, -0.25) is 8.42 Å². The third-order valence-electron chi connectivity index (χ3n) is 0. The average Bonchev–Trinajstić information content (AvgIpc) is 0.722. The van der Waals surface area contributed by atoms with Crippen molar-refractivity contribution in [1.29, 1.82) is 0 Å². The number of rotatable bonds is 0. The van der Waals surface area contributed by atoms with Gasteiger partial charge in [0.1, 0.15) is 0 Å².